The molecule has 0 N–H and O–H groups in total. The molecule has 1 nitrogen and oxygen atoms in total. The molecule has 1 aliphatic rings. The zero-order valence-corrected chi connectivity index (χ0v) is 12.4. The molecular formula is C17H26O. The van der Waals surface area contributed by atoms with Crippen LogP contribution in [0.25, 0.3) is 0 Å². The molecule has 3 unspecified atom stereocenters. The van der Waals surface area contributed by atoms with Gasteiger partial charge in [-0.25, -0.2) is 0 Å². The highest BCUT2D eigenvalue weighted by atomic mass is 16.6. The molecule has 1 aliphatic heterocycles. The van der Waals surface area contributed by atoms with Gasteiger partial charge in [0.2, 0.25) is 0 Å². The normalized spacial score (nSPS) is 24.1. The van der Waals surface area contributed by atoms with Gasteiger partial charge in [0.15, 0.2) is 0 Å². The Hall–Kier alpha value is -0.820. The summed E-state index contributed by atoms with van der Waals surface area (Å²) in [5.74, 6) is 0.659. The molecule has 1 fully saturated rings. The van der Waals surface area contributed by atoms with Gasteiger partial charge in [-0.3, -0.25) is 0 Å². The maximum atomic E-state index is 5.72. The predicted molar refractivity (Wildman–Crippen MR) is 77.3 cm³/mol. The van der Waals surface area contributed by atoms with Crippen molar-refractivity contribution in [1.82, 2.24) is 0 Å². The van der Waals surface area contributed by atoms with E-state index in [9.17, 15) is 0 Å². The average Bonchev–Trinajstić information content (AvgIpc) is 3.04. The molecule has 18 heavy (non-hydrogen) atoms. The van der Waals surface area contributed by atoms with E-state index in [0.717, 1.165) is 6.42 Å². The SMILES string of the molecule is CCC(CC1OC1CC)c1c(C)cc(C)cc1C. The molecule has 0 spiro atoms. The van der Waals surface area contributed by atoms with Crippen LogP contribution in [0.4, 0.5) is 0 Å². The van der Waals surface area contributed by atoms with E-state index in [2.05, 4.69) is 46.8 Å². The van der Waals surface area contributed by atoms with E-state index in [1.165, 1.54) is 29.5 Å². The Labute approximate surface area is 112 Å². The van der Waals surface area contributed by atoms with Crippen LogP contribution in [0.5, 0.6) is 0 Å². The molecule has 0 radical (unpaired) electrons. The molecule has 1 aromatic rings. The van der Waals surface area contributed by atoms with Gasteiger partial charge in [-0.2, -0.15) is 0 Å². The average molecular weight is 246 g/mol. The van der Waals surface area contributed by atoms with Gasteiger partial charge in [0.25, 0.3) is 0 Å². The van der Waals surface area contributed by atoms with Gasteiger partial charge in [0, 0.05) is 0 Å². The highest BCUT2D eigenvalue weighted by Gasteiger charge is 2.38. The van der Waals surface area contributed by atoms with Gasteiger partial charge in [-0.05, 0) is 62.6 Å². The summed E-state index contributed by atoms with van der Waals surface area (Å²) in [7, 11) is 0. The lowest BCUT2D eigenvalue weighted by atomic mass is 9.84. The van der Waals surface area contributed by atoms with Crippen molar-refractivity contribution in [2.75, 3.05) is 0 Å². The second kappa shape index (κ2) is 5.44. The summed E-state index contributed by atoms with van der Waals surface area (Å²) in [6.07, 6.45) is 4.61. The Morgan fingerprint density at radius 1 is 1.06 bits per heavy atom. The van der Waals surface area contributed by atoms with E-state index in [-0.39, 0.29) is 0 Å². The summed E-state index contributed by atoms with van der Waals surface area (Å²) in [4.78, 5) is 0. The Bertz CT molecular complexity index is 399. The Morgan fingerprint density at radius 3 is 2.11 bits per heavy atom. The van der Waals surface area contributed by atoms with Crippen LogP contribution in [-0.4, -0.2) is 12.2 Å². The van der Waals surface area contributed by atoms with E-state index in [1.807, 2.05) is 0 Å². The zero-order valence-electron chi connectivity index (χ0n) is 12.4. The minimum Gasteiger partial charge on any atom is -0.370 e. The van der Waals surface area contributed by atoms with Gasteiger partial charge < -0.3 is 4.74 Å². The number of ether oxygens (including phenoxy) is 1. The maximum Gasteiger partial charge on any atom is 0.0847 e. The molecule has 1 saturated heterocycles. The van der Waals surface area contributed by atoms with E-state index < -0.39 is 0 Å². The Balaban J connectivity index is 2.17. The van der Waals surface area contributed by atoms with Crippen LogP contribution in [0.1, 0.15) is 61.3 Å². The van der Waals surface area contributed by atoms with Crippen molar-refractivity contribution in [3.8, 4) is 0 Å². The maximum absolute atomic E-state index is 5.72. The second-order valence-electron chi connectivity index (χ2n) is 5.77. The fourth-order valence-corrected chi connectivity index (χ4v) is 3.35. The molecule has 0 bridgehead atoms. The monoisotopic (exact) mass is 246 g/mol. The summed E-state index contributed by atoms with van der Waals surface area (Å²) in [6, 6.07) is 4.63. The lowest BCUT2D eigenvalue weighted by Crippen LogP contribution is -2.07. The van der Waals surface area contributed by atoms with Gasteiger partial charge in [0.1, 0.15) is 0 Å². The van der Waals surface area contributed by atoms with E-state index in [4.69, 9.17) is 4.74 Å². The minimum absolute atomic E-state index is 0.514. The van der Waals surface area contributed by atoms with Crippen molar-refractivity contribution in [3.63, 3.8) is 0 Å². The second-order valence-corrected chi connectivity index (χ2v) is 5.77. The highest BCUT2D eigenvalue weighted by Crippen LogP contribution is 2.38. The summed E-state index contributed by atoms with van der Waals surface area (Å²) in [5, 5.41) is 0. The first kappa shape index (κ1) is 13.6. The number of aryl methyl sites for hydroxylation is 3. The van der Waals surface area contributed by atoms with Crippen LogP contribution >= 0.6 is 0 Å². The third-order valence-electron chi connectivity index (χ3n) is 4.25. The van der Waals surface area contributed by atoms with Gasteiger partial charge in [0.05, 0.1) is 12.2 Å². The number of benzene rings is 1. The number of hydrogen-bond acceptors (Lipinski definition) is 1. The first-order chi connectivity index (χ1) is 8.56. The summed E-state index contributed by atoms with van der Waals surface area (Å²) in [6.45, 7) is 11.2. The Kier molecular flexibility index (Phi) is 4.11. The molecule has 3 atom stereocenters. The van der Waals surface area contributed by atoms with Crippen molar-refractivity contribution in [1.29, 1.82) is 0 Å². The van der Waals surface area contributed by atoms with Gasteiger partial charge in [-0.1, -0.05) is 31.5 Å². The van der Waals surface area contributed by atoms with Crippen molar-refractivity contribution in [2.45, 2.75) is 72.0 Å². The molecule has 1 aromatic carbocycles. The van der Waals surface area contributed by atoms with Crippen LogP contribution in [0, 0.1) is 20.8 Å². The number of epoxide rings is 1. The van der Waals surface area contributed by atoms with Gasteiger partial charge in [-0.15, -0.1) is 0 Å². The third-order valence-corrected chi connectivity index (χ3v) is 4.25. The first-order valence-corrected chi connectivity index (χ1v) is 7.30. The quantitative estimate of drug-likeness (QED) is 0.688. The summed E-state index contributed by atoms with van der Waals surface area (Å²) in [5.41, 5.74) is 5.84. The van der Waals surface area contributed by atoms with Crippen molar-refractivity contribution < 1.29 is 4.74 Å². The minimum atomic E-state index is 0.514. The van der Waals surface area contributed by atoms with E-state index >= 15 is 0 Å². The van der Waals surface area contributed by atoms with Crippen LogP contribution in [0.3, 0.4) is 0 Å². The summed E-state index contributed by atoms with van der Waals surface area (Å²) >= 11 is 0. The smallest absolute Gasteiger partial charge is 0.0847 e. The van der Waals surface area contributed by atoms with Crippen molar-refractivity contribution in [3.05, 3.63) is 34.4 Å². The molecule has 100 valence electrons. The van der Waals surface area contributed by atoms with Crippen molar-refractivity contribution >= 4 is 0 Å². The molecule has 2 rings (SSSR count). The molecule has 0 aliphatic carbocycles. The van der Waals surface area contributed by atoms with Crippen LogP contribution in [0.2, 0.25) is 0 Å². The lowest BCUT2D eigenvalue weighted by Gasteiger charge is -2.20. The first-order valence-electron chi connectivity index (χ1n) is 7.30. The zero-order chi connectivity index (χ0) is 13.3. The lowest BCUT2D eigenvalue weighted by molar-refractivity contribution is 0.348. The van der Waals surface area contributed by atoms with Crippen LogP contribution < -0.4 is 0 Å². The summed E-state index contributed by atoms with van der Waals surface area (Å²) < 4.78 is 5.72. The third kappa shape index (κ3) is 2.77. The number of hydrogen-bond donors (Lipinski definition) is 0. The van der Waals surface area contributed by atoms with Crippen LogP contribution in [0.15, 0.2) is 12.1 Å². The van der Waals surface area contributed by atoms with Gasteiger partial charge >= 0.3 is 0 Å². The molecule has 0 aromatic heterocycles. The molecule has 0 amide bonds. The standard InChI is InChI=1S/C17H26O/c1-6-14(10-16-15(7-2)18-16)17-12(4)8-11(3)9-13(17)5/h8-9,14-16H,6-7,10H2,1-5H3. The van der Waals surface area contributed by atoms with E-state index in [1.54, 1.807) is 5.56 Å². The Morgan fingerprint density at radius 2 is 1.67 bits per heavy atom. The fraction of sp³-hybridized carbons (Fsp3) is 0.647. The molecule has 0 saturated carbocycles. The van der Waals surface area contributed by atoms with Crippen molar-refractivity contribution in [2.24, 2.45) is 0 Å². The fourth-order valence-electron chi connectivity index (χ4n) is 3.35. The topological polar surface area (TPSA) is 12.5 Å². The van der Waals surface area contributed by atoms with E-state index in [0.29, 0.717) is 18.1 Å². The molecular weight excluding hydrogens is 220 g/mol. The predicted octanol–water partition coefficient (Wildman–Crippen LogP) is 4.67. The number of rotatable bonds is 5. The largest absolute Gasteiger partial charge is 0.370 e. The van der Waals surface area contributed by atoms with Crippen LogP contribution in [-0.2, 0) is 4.74 Å². The highest BCUT2D eigenvalue weighted by molar-refractivity contribution is 5.40. The molecule has 1 heteroatoms. The molecule has 1 heterocycles.